The number of halogens is 1. The molecule has 2 heterocycles. The van der Waals surface area contributed by atoms with Gasteiger partial charge in [0.1, 0.15) is 0 Å². The van der Waals surface area contributed by atoms with Crippen LogP contribution < -0.4 is 14.8 Å². The molecule has 2 aliphatic heterocycles. The summed E-state index contributed by atoms with van der Waals surface area (Å²) in [4.78, 5) is 0. The number of rotatable bonds is 1. The Bertz CT molecular complexity index is 430. The van der Waals surface area contributed by atoms with Crippen LogP contribution in [-0.2, 0) is 0 Å². The molecule has 3 rings (SSSR count). The number of ether oxygens (including phenoxy) is 2. The number of fused-ring (bicyclic) bond motifs is 1. The van der Waals surface area contributed by atoms with E-state index >= 15 is 0 Å². The molecule has 1 N–H and O–H groups in total. The highest BCUT2D eigenvalue weighted by molar-refractivity contribution is 9.10. The van der Waals surface area contributed by atoms with E-state index in [1.165, 1.54) is 24.8 Å². The summed E-state index contributed by atoms with van der Waals surface area (Å²) in [5, 5.41) is 3.57. The van der Waals surface area contributed by atoms with Gasteiger partial charge in [0.25, 0.3) is 0 Å². The van der Waals surface area contributed by atoms with Gasteiger partial charge in [-0.1, -0.05) is 22.4 Å². The number of benzene rings is 1. The molecule has 1 aromatic carbocycles. The summed E-state index contributed by atoms with van der Waals surface area (Å²) in [5.74, 6) is 1.75. The van der Waals surface area contributed by atoms with Crippen LogP contribution >= 0.6 is 15.9 Å². The number of hydrogen-bond donors (Lipinski definition) is 1. The van der Waals surface area contributed by atoms with Crippen LogP contribution in [0.1, 0.15) is 37.3 Å². The second-order valence-corrected chi connectivity index (χ2v) is 5.73. The van der Waals surface area contributed by atoms with Crippen molar-refractivity contribution in [3.8, 4) is 11.5 Å². The van der Waals surface area contributed by atoms with Gasteiger partial charge in [0.15, 0.2) is 11.5 Å². The first-order valence-corrected chi connectivity index (χ1v) is 7.46. The van der Waals surface area contributed by atoms with Crippen molar-refractivity contribution in [2.45, 2.75) is 31.7 Å². The predicted molar refractivity (Wildman–Crippen MR) is 74.3 cm³/mol. The Morgan fingerprint density at radius 2 is 1.83 bits per heavy atom. The van der Waals surface area contributed by atoms with Crippen LogP contribution in [0.5, 0.6) is 11.5 Å². The fourth-order valence-electron chi connectivity index (χ4n) is 2.58. The summed E-state index contributed by atoms with van der Waals surface area (Å²) in [5.41, 5.74) is 1.29. The Balaban J connectivity index is 1.92. The molecule has 0 aromatic heterocycles. The molecule has 98 valence electrons. The van der Waals surface area contributed by atoms with Gasteiger partial charge in [-0.3, -0.25) is 0 Å². The van der Waals surface area contributed by atoms with Gasteiger partial charge in [-0.25, -0.2) is 0 Å². The lowest BCUT2D eigenvalue weighted by Crippen LogP contribution is -2.27. The zero-order valence-electron chi connectivity index (χ0n) is 10.4. The first-order valence-electron chi connectivity index (χ1n) is 6.67. The molecular formula is C14H18BrNO2. The highest BCUT2D eigenvalue weighted by Gasteiger charge is 2.21. The summed E-state index contributed by atoms with van der Waals surface area (Å²) in [6, 6.07) is 4.62. The van der Waals surface area contributed by atoms with Gasteiger partial charge in [-0.05, 0) is 37.1 Å². The van der Waals surface area contributed by atoms with Gasteiger partial charge in [0.05, 0.1) is 13.2 Å². The molecule has 18 heavy (non-hydrogen) atoms. The number of nitrogens with one attached hydrogen (secondary N) is 1. The molecule has 1 atom stereocenters. The fraction of sp³-hybridized carbons (Fsp3) is 0.571. The topological polar surface area (TPSA) is 30.5 Å². The lowest BCUT2D eigenvalue weighted by Gasteiger charge is -2.25. The highest BCUT2D eigenvalue weighted by atomic mass is 79.9. The molecule has 1 fully saturated rings. The van der Waals surface area contributed by atoms with Crippen LogP contribution in [0.3, 0.4) is 0 Å². The summed E-state index contributed by atoms with van der Waals surface area (Å²) >= 11 is 3.66. The van der Waals surface area contributed by atoms with Crippen LogP contribution in [0.2, 0.25) is 0 Å². The average molecular weight is 312 g/mol. The Morgan fingerprint density at radius 1 is 1.06 bits per heavy atom. The van der Waals surface area contributed by atoms with Crippen molar-refractivity contribution in [1.29, 1.82) is 0 Å². The van der Waals surface area contributed by atoms with E-state index in [0.29, 0.717) is 6.04 Å². The lowest BCUT2D eigenvalue weighted by atomic mass is 9.97. The predicted octanol–water partition coefficient (Wildman–Crippen LogP) is 3.43. The van der Waals surface area contributed by atoms with Gasteiger partial charge in [-0.15, -0.1) is 0 Å². The van der Waals surface area contributed by atoms with Crippen LogP contribution in [0, 0.1) is 0 Å². The number of hydrogen-bond acceptors (Lipinski definition) is 3. The quantitative estimate of drug-likeness (QED) is 0.862. The SMILES string of the molecule is Brc1cc2c(cc1C1CCCCN1)OCCCO2. The van der Waals surface area contributed by atoms with Crippen molar-refractivity contribution >= 4 is 15.9 Å². The molecular weight excluding hydrogens is 294 g/mol. The van der Waals surface area contributed by atoms with E-state index in [1.807, 2.05) is 6.07 Å². The van der Waals surface area contributed by atoms with Crippen molar-refractivity contribution in [1.82, 2.24) is 5.32 Å². The molecule has 1 saturated heterocycles. The van der Waals surface area contributed by atoms with E-state index in [-0.39, 0.29) is 0 Å². The molecule has 2 aliphatic rings. The van der Waals surface area contributed by atoms with E-state index in [0.717, 1.165) is 42.2 Å². The van der Waals surface area contributed by atoms with Gasteiger partial charge < -0.3 is 14.8 Å². The summed E-state index contributed by atoms with van der Waals surface area (Å²) in [7, 11) is 0. The maximum Gasteiger partial charge on any atom is 0.162 e. The van der Waals surface area contributed by atoms with Crippen molar-refractivity contribution in [3.63, 3.8) is 0 Å². The van der Waals surface area contributed by atoms with E-state index in [2.05, 4.69) is 27.3 Å². The van der Waals surface area contributed by atoms with Crippen molar-refractivity contribution < 1.29 is 9.47 Å². The molecule has 1 aromatic rings. The van der Waals surface area contributed by atoms with E-state index in [9.17, 15) is 0 Å². The third-order valence-electron chi connectivity index (χ3n) is 3.55. The Hall–Kier alpha value is -0.740. The van der Waals surface area contributed by atoms with Gasteiger partial charge in [-0.2, -0.15) is 0 Å². The maximum absolute atomic E-state index is 5.76. The third kappa shape index (κ3) is 2.50. The largest absolute Gasteiger partial charge is 0.490 e. The normalized spacial score (nSPS) is 23.5. The van der Waals surface area contributed by atoms with Crippen molar-refractivity contribution in [2.75, 3.05) is 19.8 Å². The van der Waals surface area contributed by atoms with E-state index < -0.39 is 0 Å². The first kappa shape index (κ1) is 12.3. The molecule has 0 aliphatic carbocycles. The maximum atomic E-state index is 5.76. The second kappa shape index (κ2) is 5.49. The van der Waals surface area contributed by atoms with Crippen LogP contribution in [0.4, 0.5) is 0 Å². The molecule has 0 saturated carbocycles. The molecule has 0 amide bonds. The van der Waals surface area contributed by atoms with Crippen molar-refractivity contribution in [2.24, 2.45) is 0 Å². The number of piperidine rings is 1. The van der Waals surface area contributed by atoms with E-state index in [4.69, 9.17) is 9.47 Å². The lowest BCUT2D eigenvalue weighted by molar-refractivity contribution is 0.296. The zero-order chi connectivity index (χ0) is 12.4. The van der Waals surface area contributed by atoms with Crippen LogP contribution in [0.15, 0.2) is 16.6 Å². The molecule has 0 radical (unpaired) electrons. The summed E-state index contributed by atoms with van der Waals surface area (Å²) in [6.07, 6.45) is 4.71. The average Bonchev–Trinajstić information content (AvgIpc) is 2.63. The Morgan fingerprint density at radius 3 is 2.56 bits per heavy atom. The van der Waals surface area contributed by atoms with Gasteiger partial charge in [0, 0.05) is 16.9 Å². The van der Waals surface area contributed by atoms with Crippen LogP contribution in [-0.4, -0.2) is 19.8 Å². The monoisotopic (exact) mass is 311 g/mol. The summed E-state index contributed by atoms with van der Waals surface area (Å²) in [6.45, 7) is 2.58. The molecule has 4 heteroatoms. The summed E-state index contributed by atoms with van der Waals surface area (Å²) < 4.78 is 12.6. The third-order valence-corrected chi connectivity index (χ3v) is 4.24. The minimum atomic E-state index is 0.435. The zero-order valence-corrected chi connectivity index (χ0v) is 12.0. The van der Waals surface area contributed by atoms with Gasteiger partial charge in [0.2, 0.25) is 0 Å². The molecule has 3 nitrogen and oxygen atoms in total. The molecule has 1 unspecified atom stereocenters. The van der Waals surface area contributed by atoms with E-state index in [1.54, 1.807) is 0 Å². The van der Waals surface area contributed by atoms with Crippen molar-refractivity contribution in [3.05, 3.63) is 22.2 Å². The standard InChI is InChI=1S/C14H18BrNO2/c15-11-9-14-13(17-6-3-7-18-14)8-10(11)12-4-1-2-5-16-12/h8-9,12,16H,1-7H2. The Labute approximate surface area is 116 Å². The van der Waals surface area contributed by atoms with Gasteiger partial charge >= 0.3 is 0 Å². The minimum absolute atomic E-state index is 0.435. The second-order valence-electron chi connectivity index (χ2n) is 4.87. The fourth-order valence-corrected chi connectivity index (χ4v) is 3.18. The smallest absolute Gasteiger partial charge is 0.162 e. The molecule has 0 bridgehead atoms. The molecule has 0 spiro atoms. The Kier molecular flexibility index (Phi) is 3.75. The van der Waals surface area contributed by atoms with Crippen LogP contribution in [0.25, 0.3) is 0 Å². The minimum Gasteiger partial charge on any atom is -0.490 e. The first-order chi connectivity index (χ1) is 8.84. The highest BCUT2D eigenvalue weighted by Crippen LogP contribution is 2.39.